The number of hydrogen-bond donors (Lipinski definition) is 1. The molecule has 2 amide bonds. The molecule has 9 nitrogen and oxygen atoms in total. The summed E-state index contributed by atoms with van der Waals surface area (Å²) in [6.45, 7) is 1.46. The molecule has 3 aromatic carbocycles. The van der Waals surface area contributed by atoms with Crippen molar-refractivity contribution in [2.24, 2.45) is 0 Å². The standard InChI is InChI=1S/C37H46N4O5/c1-44-32-23-28(24-33(45-2)36(32)46-3)37(43)38-22-14-6-11-21-34-39-30-19-12-13-20-31(30)41(34)26-35(42)40(29-17-9-5-10-18-29)25-27-15-7-4-8-16-27/h4,7-8,12-13,15-16,19-20,23-24,29H,5-6,9-11,14,17-18,21-22,25-26H2,1-3H3,(H,38,43). The van der Waals surface area contributed by atoms with E-state index in [4.69, 9.17) is 19.2 Å². The van der Waals surface area contributed by atoms with E-state index in [-0.39, 0.29) is 24.4 Å². The lowest BCUT2D eigenvalue weighted by Crippen LogP contribution is -2.42. The van der Waals surface area contributed by atoms with E-state index in [1.165, 1.54) is 40.6 Å². The summed E-state index contributed by atoms with van der Waals surface area (Å²) in [5.74, 6) is 2.21. The third kappa shape index (κ3) is 8.00. The van der Waals surface area contributed by atoms with Crippen LogP contribution in [0.2, 0.25) is 0 Å². The number of imidazole rings is 1. The van der Waals surface area contributed by atoms with Gasteiger partial charge in [-0.15, -0.1) is 0 Å². The lowest BCUT2D eigenvalue weighted by Gasteiger charge is -2.35. The second-order valence-electron chi connectivity index (χ2n) is 11.9. The molecule has 1 aliphatic carbocycles. The number of para-hydroxylation sites is 2. The zero-order valence-electron chi connectivity index (χ0n) is 27.3. The maximum atomic E-state index is 14.0. The van der Waals surface area contributed by atoms with E-state index < -0.39 is 0 Å². The molecule has 5 rings (SSSR count). The van der Waals surface area contributed by atoms with Gasteiger partial charge in [-0.1, -0.05) is 68.1 Å². The summed E-state index contributed by atoms with van der Waals surface area (Å²) in [6.07, 6.45) is 9.10. The van der Waals surface area contributed by atoms with Crippen LogP contribution in [0.25, 0.3) is 11.0 Å². The van der Waals surface area contributed by atoms with Crippen LogP contribution in [0.4, 0.5) is 0 Å². The molecule has 1 heterocycles. The van der Waals surface area contributed by atoms with Crippen LogP contribution in [0, 0.1) is 0 Å². The Bertz CT molecular complexity index is 1570. The van der Waals surface area contributed by atoms with Gasteiger partial charge >= 0.3 is 0 Å². The summed E-state index contributed by atoms with van der Waals surface area (Å²) in [5.41, 5.74) is 3.51. The molecule has 46 heavy (non-hydrogen) atoms. The van der Waals surface area contributed by atoms with Crippen LogP contribution >= 0.6 is 0 Å². The van der Waals surface area contributed by atoms with E-state index in [1.54, 1.807) is 12.1 Å². The Labute approximate surface area is 271 Å². The van der Waals surface area contributed by atoms with Crippen LogP contribution in [-0.4, -0.2) is 60.2 Å². The van der Waals surface area contributed by atoms with E-state index in [0.29, 0.717) is 35.9 Å². The first-order valence-electron chi connectivity index (χ1n) is 16.4. The normalized spacial score (nSPS) is 13.4. The second-order valence-corrected chi connectivity index (χ2v) is 11.9. The molecular formula is C37H46N4O5. The highest BCUT2D eigenvalue weighted by atomic mass is 16.5. The van der Waals surface area contributed by atoms with Crippen LogP contribution in [-0.2, 0) is 24.3 Å². The zero-order chi connectivity index (χ0) is 32.3. The number of rotatable bonds is 15. The number of benzene rings is 3. The van der Waals surface area contributed by atoms with Crippen molar-refractivity contribution in [2.75, 3.05) is 27.9 Å². The van der Waals surface area contributed by atoms with Crippen molar-refractivity contribution >= 4 is 22.8 Å². The van der Waals surface area contributed by atoms with E-state index in [2.05, 4.69) is 33.0 Å². The van der Waals surface area contributed by atoms with Gasteiger partial charge in [0.15, 0.2) is 11.5 Å². The number of amides is 2. The van der Waals surface area contributed by atoms with Gasteiger partial charge in [0.25, 0.3) is 5.91 Å². The monoisotopic (exact) mass is 626 g/mol. The number of unbranched alkanes of at least 4 members (excludes halogenated alkanes) is 2. The maximum absolute atomic E-state index is 14.0. The van der Waals surface area contributed by atoms with Gasteiger partial charge in [0.2, 0.25) is 11.7 Å². The molecule has 0 atom stereocenters. The first-order chi connectivity index (χ1) is 22.5. The molecule has 1 N–H and O–H groups in total. The summed E-state index contributed by atoms with van der Waals surface area (Å²) in [5, 5.41) is 3.00. The minimum absolute atomic E-state index is 0.148. The Morgan fingerprint density at radius 2 is 1.57 bits per heavy atom. The summed E-state index contributed by atoms with van der Waals surface area (Å²) in [4.78, 5) is 33.9. The lowest BCUT2D eigenvalue weighted by atomic mass is 9.93. The zero-order valence-corrected chi connectivity index (χ0v) is 27.3. The average molecular weight is 627 g/mol. The second kappa shape index (κ2) is 16.2. The van der Waals surface area contributed by atoms with Crippen molar-refractivity contribution in [3.8, 4) is 17.2 Å². The molecule has 0 radical (unpaired) electrons. The van der Waals surface area contributed by atoms with Gasteiger partial charge in [0.05, 0.1) is 32.4 Å². The van der Waals surface area contributed by atoms with E-state index in [0.717, 1.165) is 60.9 Å². The number of ether oxygens (including phenoxy) is 3. The van der Waals surface area contributed by atoms with Crippen LogP contribution in [0.15, 0.2) is 66.7 Å². The molecule has 1 aliphatic rings. The average Bonchev–Trinajstić information content (AvgIpc) is 3.45. The van der Waals surface area contributed by atoms with Crippen LogP contribution in [0.5, 0.6) is 17.2 Å². The predicted molar refractivity (Wildman–Crippen MR) is 180 cm³/mol. The molecule has 0 spiro atoms. The quantitative estimate of drug-likeness (QED) is 0.150. The topological polar surface area (TPSA) is 94.9 Å². The Balaban J connectivity index is 1.20. The van der Waals surface area contributed by atoms with Crippen molar-refractivity contribution in [3.05, 3.63) is 83.7 Å². The number of methoxy groups -OCH3 is 3. The van der Waals surface area contributed by atoms with Gasteiger partial charge in [-0.3, -0.25) is 9.59 Å². The molecule has 9 heteroatoms. The molecule has 1 fully saturated rings. The van der Waals surface area contributed by atoms with Crippen LogP contribution in [0.3, 0.4) is 0 Å². The third-order valence-electron chi connectivity index (χ3n) is 8.85. The van der Waals surface area contributed by atoms with Gasteiger partial charge in [0, 0.05) is 31.1 Å². The van der Waals surface area contributed by atoms with Crippen LogP contribution in [0.1, 0.15) is 73.1 Å². The summed E-state index contributed by atoms with van der Waals surface area (Å²) < 4.78 is 18.2. The van der Waals surface area contributed by atoms with Crippen molar-refractivity contribution in [1.29, 1.82) is 0 Å². The van der Waals surface area contributed by atoms with Crippen molar-refractivity contribution < 1.29 is 23.8 Å². The molecule has 0 bridgehead atoms. The Morgan fingerprint density at radius 1 is 0.870 bits per heavy atom. The lowest BCUT2D eigenvalue weighted by molar-refractivity contribution is -0.135. The van der Waals surface area contributed by atoms with E-state index >= 15 is 0 Å². The molecule has 0 unspecified atom stereocenters. The number of aryl methyl sites for hydroxylation is 1. The molecule has 4 aromatic rings. The molecule has 0 saturated heterocycles. The summed E-state index contributed by atoms with van der Waals surface area (Å²) in [7, 11) is 4.59. The number of hydrogen-bond acceptors (Lipinski definition) is 6. The van der Waals surface area contributed by atoms with Gasteiger partial charge < -0.3 is 29.0 Å². The smallest absolute Gasteiger partial charge is 0.251 e. The fourth-order valence-electron chi connectivity index (χ4n) is 6.41. The summed E-state index contributed by atoms with van der Waals surface area (Å²) >= 11 is 0. The fourth-order valence-corrected chi connectivity index (χ4v) is 6.41. The number of carbonyl (C=O) groups is 2. The highest BCUT2D eigenvalue weighted by Gasteiger charge is 2.27. The number of carbonyl (C=O) groups excluding carboxylic acids is 2. The van der Waals surface area contributed by atoms with Gasteiger partial charge in [-0.05, 0) is 55.5 Å². The first kappa shape index (κ1) is 32.9. The minimum atomic E-state index is -0.197. The Hall–Kier alpha value is -4.53. The number of nitrogens with one attached hydrogen (secondary N) is 1. The Morgan fingerprint density at radius 3 is 2.26 bits per heavy atom. The van der Waals surface area contributed by atoms with E-state index in [1.807, 2.05) is 36.4 Å². The SMILES string of the molecule is COc1cc(C(=O)NCCCCCc2nc3ccccc3n2CC(=O)N(Cc2ccccc2)C2CCCCC2)cc(OC)c1OC. The molecular weight excluding hydrogens is 580 g/mol. The van der Waals surface area contributed by atoms with Crippen molar-refractivity contribution in [2.45, 2.75) is 76.9 Å². The predicted octanol–water partition coefficient (Wildman–Crippen LogP) is 6.57. The number of aromatic nitrogens is 2. The van der Waals surface area contributed by atoms with Crippen LogP contribution < -0.4 is 19.5 Å². The highest BCUT2D eigenvalue weighted by Crippen LogP contribution is 2.38. The van der Waals surface area contributed by atoms with Gasteiger partial charge in [0.1, 0.15) is 12.4 Å². The third-order valence-corrected chi connectivity index (χ3v) is 8.85. The fraction of sp³-hybridized carbons (Fsp3) is 0.432. The minimum Gasteiger partial charge on any atom is -0.493 e. The largest absolute Gasteiger partial charge is 0.493 e. The Kier molecular flexibility index (Phi) is 11.5. The molecule has 244 valence electrons. The summed E-state index contributed by atoms with van der Waals surface area (Å²) in [6, 6.07) is 22.0. The van der Waals surface area contributed by atoms with Gasteiger partial charge in [-0.2, -0.15) is 0 Å². The molecule has 1 saturated carbocycles. The maximum Gasteiger partial charge on any atom is 0.251 e. The number of fused-ring (bicyclic) bond motifs is 1. The van der Waals surface area contributed by atoms with Crippen molar-refractivity contribution in [1.82, 2.24) is 19.8 Å². The van der Waals surface area contributed by atoms with Gasteiger partial charge in [-0.25, -0.2) is 4.98 Å². The highest BCUT2D eigenvalue weighted by molar-refractivity contribution is 5.95. The first-order valence-corrected chi connectivity index (χ1v) is 16.4. The molecule has 1 aromatic heterocycles. The van der Waals surface area contributed by atoms with E-state index in [9.17, 15) is 9.59 Å². The van der Waals surface area contributed by atoms with Crippen molar-refractivity contribution in [3.63, 3.8) is 0 Å². The number of nitrogens with zero attached hydrogens (tertiary/aromatic N) is 3. The molecule has 0 aliphatic heterocycles.